The molecule has 1 aromatic heterocycles. The van der Waals surface area contributed by atoms with Gasteiger partial charge in [-0.1, -0.05) is 12.1 Å². The van der Waals surface area contributed by atoms with Crippen LogP contribution >= 0.6 is 0 Å². The van der Waals surface area contributed by atoms with Gasteiger partial charge in [0, 0.05) is 12.7 Å². The van der Waals surface area contributed by atoms with E-state index in [1.54, 1.807) is 17.0 Å². The summed E-state index contributed by atoms with van der Waals surface area (Å²) in [5.41, 5.74) is 3.20. The molecule has 2 rings (SSSR count). The molecule has 0 radical (unpaired) electrons. The highest BCUT2D eigenvalue weighted by molar-refractivity contribution is 5.60. The van der Waals surface area contributed by atoms with Gasteiger partial charge >= 0.3 is 0 Å². The third-order valence-corrected chi connectivity index (χ3v) is 2.42. The van der Waals surface area contributed by atoms with Gasteiger partial charge in [0.1, 0.15) is 17.5 Å². The minimum absolute atomic E-state index is 0.276. The van der Waals surface area contributed by atoms with Crippen molar-refractivity contribution in [1.82, 2.24) is 4.98 Å². The molecule has 88 valence electrons. The first kappa shape index (κ1) is 11.3. The van der Waals surface area contributed by atoms with E-state index < -0.39 is 0 Å². The minimum atomic E-state index is -0.276. The molecule has 0 fully saturated rings. The maximum atomic E-state index is 13.1. The molecule has 1 aromatic carbocycles. The van der Waals surface area contributed by atoms with Gasteiger partial charge in [-0.3, -0.25) is 0 Å². The summed E-state index contributed by atoms with van der Waals surface area (Å²) in [5, 5.41) is 0. The van der Waals surface area contributed by atoms with Crippen molar-refractivity contribution >= 4 is 17.3 Å². The van der Waals surface area contributed by atoms with Gasteiger partial charge in [0.05, 0.1) is 0 Å². The van der Waals surface area contributed by atoms with Crippen LogP contribution in [0.4, 0.5) is 21.7 Å². The van der Waals surface area contributed by atoms with Crippen molar-refractivity contribution in [3.8, 4) is 0 Å². The van der Waals surface area contributed by atoms with E-state index >= 15 is 0 Å². The van der Waals surface area contributed by atoms with Crippen molar-refractivity contribution in [1.29, 1.82) is 0 Å². The predicted octanol–water partition coefficient (Wildman–Crippen LogP) is 2.27. The van der Waals surface area contributed by atoms with E-state index in [4.69, 9.17) is 5.84 Å². The molecule has 0 unspecified atom stereocenters. The molecule has 0 atom stereocenters. The second kappa shape index (κ2) is 4.80. The molecule has 3 N–H and O–H groups in total. The molecule has 1 heterocycles. The lowest BCUT2D eigenvalue weighted by Crippen LogP contribution is -2.14. The summed E-state index contributed by atoms with van der Waals surface area (Å²) in [5.74, 6) is 6.26. The van der Waals surface area contributed by atoms with Crippen molar-refractivity contribution in [2.75, 3.05) is 17.4 Å². The van der Waals surface area contributed by atoms with E-state index in [9.17, 15) is 4.39 Å². The number of hydrogen-bond donors (Lipinski definition) is 2. The Morgan fingerprint density at radius 1 is 1.24 bits per heavy atom. The molecule has 0 aliphatic rings. The zero-order valence-corrected chi connectivity index (χ0v) is 9.39. The number of aromatic nitrogens is 1. The molecule has 0 saturated heterocycles. The summed E-state index contributed by atoms with van der Waals surface area (Å²) >= 11 is 0. The highest BCUT2D eigenvalue weighted by atomic mass is 19.1. The van der Waals surface area contributed by atoms with E-state index in [0.29, 0.717) is 11.6 Å². The quantitative estimate of drug-likeness (QED) is 0.629. The zero-order chi connectivity index (χ0) is 12.3. The van der Waals surface area contributed by atoms with Gasteiger partial charge in [-0.2, -0.15) is 0 Å². The SMILES string of the molecule is CN(c1cccc(F)c1)c1cccc(NN)n1. The van der Waals surface area contributed by atoms with Crippen LogP contribution in [0.5, 0.6) is 0 Å². The fraction of sp³-hybridized carbons (Fsp3) is 0.0833. The highest BCUT2D eigenvalue weighted by Gasteiger charge is 2.06. The molecule has 0 bridgehead atoms. The summed E-state index contributed by atoms with van der Waals surface area (Å²) in [6.45, 7) is 0. The maximum absolute atomic E-state index is 13.1. The van der Waals surface area contributed by atoms with Gasteiger partial charge in [-0.05, 0) is 30.3 Å². The van der Waals surface area contributed by atoms with E-state index in [1.165, 1.54) is 12.1 Å². The monoisotopic (exact) mass is 232 g/mol. The van der Waals surface area contributed by atoms with E-state index in [0.717, 1.165) is 5.69 Å². The molecule has 5 heteroatoms. The van der Waals surface area contributed by atoms with Crippen LogP contribution in [0.3, 0.4) is 0 Å². The Hall–Kier alpha value is -2.14. The van der Waals surface area contributed by atoms with Crippen LogP contribution in [0.25, 0.3) is 0 Å². The van der Waals surface area contributed by atoms with Crippen LogP contribution in [-0.2, 0) is 0 Å². The molecular formula is C12H13FN4. The Morgan fingerprint density at radius 3 is 2.71 bits per heavy atom. The van der Waals surface area contributed by atoms with Crippen LogP contribution < -0.4 is 16.2 Å². The third-order valence-electron chi connectivity index (χ3n) is 2.42. The highest BCUT2D eigenvalue weighted by Crippen LogP contribution is 2.22. The predicted molar refractivity (Wildman–Crippen MR) is 66.5 cm³/mol. The van der Waals surface area contributed by atoms with Gasteiger partial charge in [0.25, 0.3) is 0 Å². The Kier molecular flexibility index (Phi) is 3.20. The molecule has 0 aliphatic heterocycles. The van der Waals surface area contributed by atoms with E-state index in [1.807, 2.05) is 25.2 Å². The summed E-state index contributed by atoms with van der Waals surface area (Å²) < 4.78 is 13.1. The zero-order valence-electron chi connectivity index (χ0n) is 9.39. The van der Waals surface area contributed by atoms with Crippen LogP contribution in [-0.4, -0.2) is 12.0 Å². The number of nitrogens with zero attached hydrogens (tertiary/aromatic N) is 2. The maximum Gasteiger partial charge on any atom is 0.142 e. The Bertz CT molecular complexity index is 515. The summed E-state index contributed by atoms with van der Waals surface area (Å²) in [6.07, 6.45) is 0. The van der Waals surface area contributed by atoms with Gasteiger partial charge in [0.2, 0.25) is 0 Å². The Morgan fingerprint density at radius 2 is 2.00 bits per heavy atom. The number of hydrazine groups is 1. The Labute approximate surface area is 98.9 Å². The van der Waals surface area contributed by atoms with E-state index in [2.05, 4.69) is 10.4 Å². The van der Waals surface area contributed by atoms with Crippen LogP contribution in [0, 0.1) is 5.82 Å². The fourth-order valence-corrected chi connectivity index (χ4v) is 1.51. The van der Waals surface area contributed by atoms with Crippen molar-refractivity contribution in [2.45, 2.75) is 0 Å². The Balaban J connectivity index is 2.33. The van der Waals surface area contributed by atoms with Crippen molar-refractivity contribution < 1.29 is 4.39 Å². The average Bonchev–Trinajstić information content (AvgIpc) is 2.38. The smallest absolute Gasteiger partial charge is 0.142 e. The molecule has 0 saturated carbocycles. The number of nitrogens with one attached hydrogen (secondary N) is 1. The lowest BCUT2D eigenvalue weighted by Gasteiger charge is -2.18. The second-order valence-corrected chi connectivity index (χ2v) is 3.56. The summed E-state index contributed by atoms with van der Waals surface area (Å²) in [6, 6.07) is 11.7. The molecule has 4 nitrogen and oxygen atoms in total. The first-order chi connectivity index (χ1) is 8.20. The lowest BCUT2D eigenvalue weighted by atomic mass is 10.3. The molecule has 0 aliphatic carbocycles. The molecule has 0 amide bonds. The van der Waals surface area contributed by atoms with Gasteiger partial charge in [-0.25, -0.2) is 15.2 Å². The first-order valence-electron chi connectivity index (χ1n) is 5.13. The fourth-order valence-electron chi connectivity index (χ4n) is 1.51. The first-order valence-corrected chi connectivity index (χ1v) is 5.13. The van der Waals surface area contributed by atoms with Crippen molar-refractivity contribution in [3.63, 3.8) is 0 Å². The van der Waals surface area contributed by atoms with Crippen LogP contribution in [0.1, 0.15) is 0 Å². The van der Waals surface area contributed by atoms with Crippen LogP contribution in [0.15, 0.2) is 42.5 Å². The second-order valence-electron chi connectivity index (χ2n) is 3.56. The third kappa shape index (κ3) is 2.51. The lowest BCUT2D eigenvalue weighted by molar-refractivity contribution is 0.628. The van der Waals surface area contributed by atoms with Gasteiger partial charge < -0.3 is 10.3 Å². The summed E-state index contributed by atoms with van der Waals surface area (Å²) in [7, 11) is 1.82. The van der Waals surface area contributed by atoms with E-state index in [-0.39, 0.29) is 5.82 Å². The molecule has 2 aromatic rings. The number of rotatable bonds is 3. The number of pyridine rings is 1. The van der Waals surface area contributed by atoms with Crippen molar-refractivity contribution in [2.24, 2.45) is 5.84 Å². The van der Waals surface area contributed by atoms with Crippen LogP contribution in [0.2, 0.25) is 0 Å². The average molecular weight is 232 g/mol. The number of halogens is 1. The minimum Gasteiger partial charge on any atom is -0.329 e. The topological polar surface area (TPSA) is 54.2 Å². The standard InChI is InChI=1S/C12H13FN4/c1-17(10-5-2-4-9(13)8-10)12-7-3-6-11(15-12)16-14/h2-8H,14H2,1H3,(H,15,16). The molecular weight excluding hydrogens is 219 g/mol. The van der Waals surface area contributed by atoms with Gasteiger partial charge in [0.15, 0.2) is 0 Å². The molecule has 0 spiro atoms. The van der Waals surface area contributed by atoms with Gasteiger partial charge in [-0.15, -0.1) is 0 Å². The number of nitrogen functional groups attached to an aromatic ring is 1. The molecule has 17 heavy (non-hydrogen) atoms. The normalized spacial score (nSPS) is 10.1. The van der Waals surface area contributed by atoms with Crippen molar-refractivity contribution in [3.05, 3.63) is 48.3 Å². The summed E-state index contributed by atoms with van der Waals surface area (Å²) in [4.78, 5) is 6.05. The number of benzene rings is 1. The largest absolute Gasteiger partial charge is 0.329 e. The number of anilines is 3. The number of nitrogens with two attached hydrogens (primary N) is 1. The number of hydrogen-bond acceptors (Lipinski definition) is 4.